The molecule has 6 nitrogen and oxygen atoms in total. The molecule has 2 aliphatic heterocycles. The highest BCUT2D eigenvalue weighted by molar-refractivity contribution is 5.89. The van der Waals surface area contributed by atoms with Crippen LogP contribution in [0.15, 0.2) is 48.5 Å². The zero-order valence-corrected chi connectivity index (χ0v) is 21.8. The number of alkyl halides is 6. The number of hydrogen-bond donors (Lipinski definition) is 3. The Labute approximate surface area is 228 Å². The highest BCUT2D eigenvalue weighted by Gasteiger charge is 2.71. The first kappa shape index (κ1) is 30.1. The summed E-state index contributed by atoms with van der Waals surface area (Å²) < 4.78 is 83.9. The van der Waals surface area contributed by atoms with Gasteiger partial charge in [0.1, 0.15) is 0 Å². The zero-order valence-electron chi connectivity index (χ0n) is 21.8. The van der Waals surface area contributed by atoms with E-state index in [0.29, 0.717) is 49.1 Å². The van der Waals surface area contributed by atoms with Crippen LogP contribution >= 0.6 is 0 Å². The number of rotatable bonds is 7. The molecule has 0 spiro atoms. The highest BCUT2D eigenvalue weighted by atomic mass is 19.4. The summed E-state index contributed by atoms with van der Waals surface area (Å²) in [6.07, 6.45) is -7.54. The lowest BCUT2D eigenvalue weighted by molar-refractivity contribution is -0.376. The van der Waals surface area contributed by atoms with Crippen LogP contribution in [-0.4, -0.2) is 60.7 Å². The molecule has 2 heterocycles. The van der Waals surface area contributed by atoms with Gasteiger partial charge >= 0.3 is 18.4 Å². The number of carbonyl (C=O) groups excluding carboxylic acids is 1. The molecule has 220 valence electrons. The van der Waals surface area contributed by atoms with E-state index in [1.807, 2.05) is 24.3 Å². The number of carbonyl (C=O) groups is 1. The fourth-order valence-electron chi connectivity index (χ4n) is 5.20. The maximum absolute atomic E-state index is 13.1. The van der Waals surface area contributed by atoms with Gasteiger partial charge in [-0.05, 0) is 74.4 Å². The average Bonchev–Trinajstić information content (AvgIpc) is 2.90. The Balaban J connectivity index is 1.23. The van der Waals surface area contributed by atoms with Gasteiger partial charge in [0.25, 0.3) is 5.60 Å². The highest BCUT2D eigenvalue weighted by Crippen LogP contribution is 2.50. The van der Waals surface area contributed by atoms with Crippen LogP contribution in [0.25, 0.3) is 0 Å². The zero-order chi connectivity index (χ0) is 29.0. The number of aliphatic hydroxyl groups is 1. The molecule has 2 aromatic rings. The quantitative estimate of drug-likeness (QED) is 0.369. The van der Waals surface area contributed by atoms with Crippen LogP contribution in [-0.2, 0) is 23.3 Å². The summed E-state index contributed by atoms with van der Waals surface area (Å²) in [7, 11) is 0. The number of halogens is 6. The summed E-state index contributed by atoms with van der Waals surface area (Å²) in [6, 6.07) is 11.4. The third-order valence-electron chi connectivity index (χ3n) is 7.60. The maximum atomic E-state index is 13.1. The first-order chi connectivity index (χ1) is 18.8. The summed E-state index contributed by atoms with van der Waals surface area (Å²) in [5.41, 5.74) is -3.75. The van der Waals surface area contributed by atoms with Crippen molar-refractivity contribution in [3.05, 3.63) is 65.2 Å². The molecule has 0 unspecified atom stereocenters. The van der Waals surface area contributed by atoms with E-state index < -0.39 is 23.5 Å². The number of nitrogens with zero attached hydrogens (tertiary/aromatic N) is 1. The molecule has 3 N–H and O–H groups in total. The number of anilines is 1. The Morgan fingerprint density at radius 1 is 0.850 bits per heavy atom. The molecule has 0 atom stereocenters. The van der Waals surface area contributed by atoms with Crippen molar-refractivity contribution in [2.45, 2.75) is 62.6 Å². The van der Waals surface area contributed by atoms with Crippen molar-refractivity contribution in [2.24, 2.45) is 5.92 Å². The third kappa shape index (κ3) is 7.27. The fourth-order valence-corrected chi connectivity index (χ4v) is 5.20. The smallest absolute Gasteiger partial charge is 0.381 e. The molecule has 12 heteroatoms. The topological polar surface area (TPSA) is 73.8 Å². The summed E-state index contributed by atoms with van der Waals surface area (Å²) in [4.78, 5) is 14.3. The maximum Gasteiger partial charge on any atom is 0.430 e. The lowest BCUT2D eigenvalue weighted by atomic mass is 9.89. The van der Waals surface area contributed by atoms with Gasteiger partial charge in [0.15, 0.2) is 0 Å². The van der Waals surface area contributed by atoms with E-state index >= 15 is 0 Å². The Morgan fingerprint density at radius 2 is 1.40 bits per heavy atom. The van der Waals surface area contributed by atoms with Gasteiger partial charge in [0, 0.05) is 37.1 Å². The third-order valence-corrected chi connectivity index (χ3v) is 7.60. The molecule has 0 aliphatic carbocycles. The van der Waals surface area contributed by atoms with Crippen molar-refractivity contribution in [3.8, 4) is 0 Å². The Morgan fingerprint density at radius 3 is 1.95 bits per heavy atom. The lowest BCUT2D eigenvalue weighted by Gasteiger charge is -2.33. The molecule has 4 rings (SSSR count). The van der Waals surface area contributed by atoms with E-state index in [2.05, 4.69) is 15.5 Å². The van der Waals surface area contributed by atoms with Crippen LogP contribution in [0.5, 0.6) is 0 Å². The number of ether oxygens (including phenoxy) is 1. The van der Waals surface area contributed by atoms with E-state index in [-0.39, 0.29) is 12.1 Å². The van der Waals surface area contributed by atoms with Crippen molar-refractivity contribution >= 4 is 11.7 Å². The predicted octanol–water partition coefficient (Wildman–Crippen LogP) is 5.75. The first-order valence-corrected chi connectivity index (χ1v) is 13.3. The van der Waals surface area contributed by atoms with Crippen molar-refractivity contribution in [3.63, 3.8) is 0 Å². The van der Waals surface area contributed by atoms with E-state index in [1.165, 1.54) is 12.1 Å². The molecule has 2 amide bonds. The minimum Gasteiger partial charge on any atom is -0.381 e. The first-order valence-electron chi connectivity index (χ1n) is 13.3. The van der Waals surface area contributed by atoms with E-state index in [0.717, 1.165) is 50.8 Å². The van der Waals surface area contributed by atoms with E-state index in [1.54, 1.807) is 0 Å². The molecule has 0 aromatic heterocycles. The van der Waals surface area contributed by atoms with Gasteiger partial charge in [-0.1, -0.05) is 36.4 Å². The number of piperidine rings is 1. The predicted molar refractivity (Wildman–Crippen MR) is 137 cm³/mol. The Hall–Kier alpha value is -2.83. The molecule has 2 aliphatic rings. The van der Waals surface area contributed by atoms with Gasteiger partial charge in [-0.2, -0.15) is 26.3 Å². The fraction of sp³-hybridized carbons (Fsp3) is 0.536. The molecule has 0 radical (unpaired) electrons. The molecular formula is C28H33F6N3O3. The minimum atomic E-state index is -5.90. The van der Waals surface area contributed by atoms with E-state index in [9.17, 15) is 36.2 Å². The number of benzene rings is 2. The number of amides is 2. The largest absolute Gasteiger partial charge is 0.430 e. The van der Waals surface area contributed by atoms with Gasteiger partial charge in [-0.3, -0.25) is 4.90 Å². The van der Waals surface area contributed by atoms with Gasteiger partial charge in [0.05, 0.1) is 0 Å². The molecule has 40 heavy (non-hydrogen) atoms. The van der Waals surface area contributed by atoms with Crippen molar-refractivity contribution in [1.82, 2.24) is 10.2 Å². The van der Waals surface area contributed by atoms with Crippen LogP contribution in [0, 0.1) is 5.92 Å². The minimum absolute atomic E-state index is 0.113. The summed E-state index contributed by atoms with van der Waals surface area (Å²) in [6.45, 7) is 3.17. The summed E-state index contributed by atoms with van der Waals surface area (Å²) >= 11 is 0. The van der Waals surface area contributed by atoms with Crippen LogP contribution < -0.4 is 10.6 Å². The van der Waals surface area contributed by atoms with Crippen LogP contribution in [0.2, 0.25) is 0 Å². The van der Waals surface area contributed by atoms with Gasteiger partial charge in [-0.25, -0.2) is 4.79 Å². The standard InChI is InChI=1S/C28H33F6N3O3/c29-27(30,31)26(39,28(32,33)34)22-5-1-21(2-6-22)18-37-13-9-20(10-14-37)17-19-3-7-23(8-4-19)35-25(38)36-24-11-15-40-16-12-24/h1-8,20,24,39H,9-18H2,(H2,35,36,38). The number of hydrogen-bond acceptors (Lipinski definition) is 4. The summed E-state index contributed by atoms with van der Waals surface area (Å²) in [5.74, 6) is 0.433. The molecular weight excluding hydrogens is 540 g/mol. The van der Waals surface area contributed by atoms with Gasteiger partial charge in [0.2, 0.25) is 0 Å². The number of urea groups is 1. The molecule has 2 fully saturated rings. The summed E-state index contributed by atoms with van der Waals surface area (Å²) in [5, 5.41) is 15.4. The van der Waals surface area contributed by atoms with Crippen LogP contribution in [0.1, 0.15) is 42.4 Å². The van der Waals surface area contributed by atoms with Crippen molar-refractivity contribution in [2.75, 3.05) is 31.6 Å². The van der Waals surface area contributed by atoms with Crippen molar-refractivity contribution in [1.29, 1.82) is 0 Å². The monoisotopic (exact) mass is 573 g/mol. The van der Waals surface area contributed by atoms with Gasteiger partial charge in [-0.15, -0.1) is 0 Å². The normalized spacial score (nSPS) is 18.5. The number of nitrogens with one attached hydrogen (secondary N) is 2. The lowest BCUT2D eigenvalue weighted by Crippen LogP contribution is -2.53. The number of likely N-dealkylation sites (tertiary alicyclic amines) is 1. The van der Waals surface area contributed by atoms with Crippen molar-refractivity contribution < 1.29 is 41.0 Å². The molecule has 0 bridgehead atoms. The van der Waals surface area contributed by atoms with Crippen LogP contribution in [0.4, 0.5) is 36.8 Å². The Kier molecular flexibility index (Phi) is 9.31. The second kappa shape index (κ2) is 12.4. The Bertz CT molecular complexity index is 1090. The van der Waals surface area contributed by atoms with Crippen LogP contribution in [0.3, 0.4) is 0 Å². The molecule has 2 saturated heterocycles. The average molecular weight is 574 g/mol. The second-order valence-corrected chi connectivity index (χ2v) is 10.5. The molecule has 0 saturated carbocycles. The van der Waals surface area contributed by atoms with E-state index in [4.69, 9.17) is 4.74 Å². The SMILES string of the molecule is O=C(Nc1ccc(CC2CCN(Cc3ccc(C(O)(C(F)(F)F)C(F)(F)F)cc3)CC2)cc1)NC1CCOCC1. The second-order valence-electron chi connectivity index (χ2n) is 10.5. The molecule has 2 aromatic carbocycles. The van der Waals surface area contributed by atoms with Gasteiger partial charge < -0.3 is 20.5 Å².